The molecule has 0 fully saturated rings. The molecule has 1 aromatic carbocycles. The summed E-state index contributed by atoms with van der Waals surface area (Å²) in [6.07, 6.45) is 3.49. The lowest BCUT2D eigenvalue weighted by Gasteiger charge is -2.07. The summed E-state index contributed by atoms with van der Waals surface area (Å²) in [5.74, 6) is -0.449. The molecule has 0 aliphatic rings. The molecular weight excluding hydrogens is 471 g/mol. The molecule has 0 aliphatic carbocycles. The Morgan fingerprint density at radius 2 is 1.91 bits per heavy atom. The summed E-state index contributed by atoms with van der Waals surface area (Å²) in [4.78, 5) is 22.0. The molecule has 10 nitrogen and oxygen atoms in total. The predicted molar refractivity (Wildman–Crippen MR) is 116 cm³/mol. The molecule has 3 aromatic heterocycles. The minimum atomic E-state index is -4.66. The molecule has 0 aliphatic heterocycles. The van der Waals surface area contributed by atoms with Gasteiger partial charge in [-0.15, -0.1) is 0 Å². The first-order valence-corrected chi connectivity index (χ1v) is 11.3. The Morgan fingerprint density at radius 3 is 2.59 bits per heavy atom. The Hall–Kier alpha value is -3.70. The maximum Gasteiger partial charge on any atom is 0.472 e. The zero-order valence-electron chi connectivity index (χ0n) is 17.4. The minimum Gasteiger partial charge on any atom is -0.356 e. The molecule has 0 bridgehead atoms. The fraction of sp³-hybridized carbons (Fsp3) is 0.0952. The number of nitrogens with two attached hydrogens (primary N) is 1. The van der Waals surface area contributed by atoms with Crippen molar-refractivity contribution in [3.63, 3.8) is 0 Å². The van der Waals surface area contributed by atoms with E-state index in [1.807, 2.05) is 0 Å². The largest absolute Gasteiger partial charge is 0.472 e. The van der Waals surface area contributed by atoms with Crippen LogP contribution < -0.4 is 15.6 Å². The van der Waals surface area contributed by atoms with Crippen molar-refractivity contribution in [2.24, 2.45) is 0 Å². The first-order valence-electron chi connectivity index (χ1n) is 9.78. The van der Waals surface area contributed by atoms with Crippen molar-refractivity contribution in [2.75, 3.05) is 11.1 Å². The quantitative estimate of drug-likeness (QED) is 0.216. The van der Waals surface area contributed by atoms with Gasteiger partial charge in [-0.25, -0.2) is 27.4 Å². The second-order valence-electron chi connectivity index (χ2n) is 7.22. The van der Waals surface area contributed by atoms with E-state index in [0.717, 1.165) is 23.8 Å². The van der Waals surface area contributed by atoms with E-state index in [1.165, 1.54) is 10.8 Å². The standard InChI is InChI=1S/C21H18F2N5O5P/c22-14-7-15(23)9-16(8-14)26-20-4-3-13(11-25-20)6-17-10-19(33-27-17)18-2-1-5-28(21(18)24)12-32-34(29,30)31/h1-5,7-11,24H,6,12H2,(H3,25,26,29,30,31)/p+1. The summed E-state index contributed by atoms with van der Waals surface area (Å²) in [5, 5.41) is 6.86. The highest BCUT2D eigenvalue weighted by Gasteiger charge is 2.20. The SMILES string of the molecule is Nc1c(-c2cc(Cc3ccc(Nc4cc(F)cc(F)c4)nc3)no2)ccc[n+]1COP(=O)(O)O. The zero-order valence-corrected chi connectivity index (χ0v) is 18.3. The van der Waals surface area contributed by atoms with Crippen molar-refractivity contribution in [3.05, 3.63) is 83.8 Å². The molecular formula is C21H19F2N5O5P+. The molecule has 0 amide bonds. The molecule has 0 saturated carbocycles. The van der Waals surface area contributed by atoms with E-state index in [1.54, 1.807) is 36.5 Å². The fourth-order valence-electron chi connectivity index (χ4n) is 3.13. The molecule has 0 atom stereocenters. The third kappa shape index (κ3) is 6.00. The third-order valence-electron chi connectivity index (χ3n) is 4.65. The number of nitrogens with zero attached hydrogens (tertiary/aromatic N) is 3. The van der Waals surface area contributed by atoms with Crippen LogP contribution >= 0.6 is 7.82 Å². The van der Waals surface area contributed by atoms with E-state index in [0.29, 0.717) is 29.3 Å². The van der Waals surface area contributed by atoms with Crippen LogP contribution in [0.25, 0.3) is 11.3 Å². The molecule has 34 heavy (non-hydrogen) atoms. The number of hydrogen-bond donors (Lipinski definition) is 4. The van der Waals surface area contributed by atoms with Crippen LogP contribution in [0, 0.1) is 11.6 Å². The average molecular weight is 490 g/mol. The van der Waals surface area contributed by atoms with Crippen LogP contribution in [0.3, 0.4) is 0 Å². The molecule has 0 saturated heterocycles. The van der Waals surface area contributed by atoms with E-state index in [-0.39, 0.29) is 11.5 Å². The first kappa shape index (κ1) is 23.5. The average Bonchev–Trinajstić information content (AvgIpc) is 3.21. The van der Waals surface area contributed by atoms with Gasteiger partial charge in [0.2, 0.25) is 6.73 Å². The smallest absolute Gasteiger partial charge is 0.356 e. The Kier molecular flexibility index (Phi) is 6.66. The summed E-state index contributed by atoms with van der Waals surface area (Å²) in [5.41, 5.74) is 8.19. The van der Waals surface area contributed by atoms with Gasteiger partial charge in [-0.3, -0.25) is 5.73 Å². The van der Waals surface area contributed by atoms with Crippen molar-refractivity contribution in [2.45, 2.75) is 13.2 Å². The van der Waals surface area contributed by atoms with Crippen LogP contribution in [0.4, 0.5) is 26.1 Å². The van der Waals surface area contributed by atoms with E-state index in [2.05, 4.69) is 20.0 Å². The lowest BCUT2D eigenvalue weighted by Crippen LogP contribution is -2.38. The summed E-state index contributed by atoms with van der Waals surface area (Å²) < 4.78 is 48.8. The van der Waals surface area contributed by atoms with Crippen molar-refractivity contribution >= 4 is 25.1 Å². The molecule has 0 spiro atoms. The molecule has 4 rings (SSSR count). The molecule has 0 radical (unpaired) electrons. The van der Waals surface area contributed by atoms with Crippen LogP contribution in [0.1, 0.15) is 11.3 Å². The molecule has 5 N–H and O–H groups in total. The van der Waals surface area contributed by atoms with Gasteiger partial charge in [-0.2, -0.15) is 0 Å². The number of benzene rings is 1. The second kappa shape index (κ2) is 9.65. The van der Waals surface area contributed by atoms with E-state index >= 15 is 0 Å². The Labute approximate surface area is 191 Å². The number of aromatic nitrogens is 3. The lowest BCUT2D eigenvalue weighted by atomic mass is 10.1. The van der Waals surface area contributed by atoms with Crippen LogP contribution in [-0.4, -0.2) is 19.9 Å². The van der Waals surface area contributed by atoms with E-state index in [4.69, 9.17) is 20.0 Å². The summed E-state index contributed by atoms with van der Waals surface area (Å²) in [7, 11) is -4.66. The van der Waals surface area contributed by atoms with Crippen LogP contribution in [-0.2, 0) is 22.2 Å². The summed E-state index contributed by atoms with van der Waals surface area (Å²) >= 11 is 0. The van der Waals surface area contributed by atoms with Gasteiger partial charge >= 0.3 is 7.82 Å². The molecule has 3 heterocycles. The number of nitrogens with one attached hydrogen (secondary N) is 1. The van der Waals surface area contributed by atoms with Crippen LogP contribution in [0.15, 0.2) is 65.4 Å². The van der Waals surface area contributed by atoms with Gasteiger partial charge in [0.15, 0.2) is 5.76 Å². The van der Waals surface area contributed by atoms with E-state index < -0.39 is 26.2 Å². The number of phosphoric ester groups is 1. The molecule has 0 unspecified atom stereocenters. The minimum absolute atomic E-state index is 0.171. The van der Waals surface area contributed by atoms with Gasteiger partial charge in [0.05, 0.1) is 11.9 Å². The molecule has 176 valence electrons. The third-order valence-corrected chi connectivity index (χ3v) is 5.10. The normalized spacial score (nSPS) is 11.5. The van der Waals surface area contributed by atoms with Crippen molar-refractivity contribution in [1.29, 1.82) is 0 Å². The Balaban J connectivity index is 1.44. The highest BCUT2D eigenvalue weighted by Crippen LogP contribution is 2.35. The number of anilines is 3. The predicted octanol–water partition coefficient (Wildman–Crippen LogP) is 3.29. The summed E-state index contributed by atoms with van der Waals surface area (Å²) in [6.45, 7) is -0.445. The second-order valence-corrected chi connectivity index (χ2v) is 8.46. The highest BCUT2D eigenvalue weighted by molar-refractivity contribution is 7.46. The highest BCUT2D eigenvalue weighted by atomic mass is 31.2. The van der Waals surface area contributed by atoms with Crippen LogP contribution in [0.2, 0.25) is 0 Å². The zero-order chi connectivity index (χ0) is 24.3. The van der Waals surface area contributed by atoms with Gasteiger partial charge < -0.3 is 19.6 Å². The molecule has 13 heteroatoms. The van der Waals surface area contributed by atoms with Crippen molar-refractivity contribution in [1.82, 2.24) is 10.1 Å². The van der Waals surface area contributed by atoms with Crippen molar-refractivity contribution < 1.29 is 36.7 Å². The van der Waals surface area contributed by atoms with Gasteiger partial charge in [0.25, 0.3) is 5.82 Å². The van der Waals surface area contributed by atoms with Gasteiger partial charge in [0.1, 0.15) is 23.0 Å². The first-order chi connectivity index (χ1) is 16.2. The lowest BCUT2D eigenvalue weighted by molar-refractivity contribution is -0.711. The van der Waals surface area contributed by atoms with E-state index in [9.17, 15) is 13.3 Å². The van der Waals surface area contributed by atoms with Gasteiger partial charge in [-0.1, -0.05) is 11.2 Å². The number of phosphoric acid groups is 1. The maximum absolute atomic E-state index is 13.3. The molecule has 4 aromatic rings. The summed E-state index contributed by atoms with van der Waals surface area (Å²) in [6, 6.07) is 11.5. The number of hydrogen-bond acceptors (Lipinski definition) is 7. The number of halogens is 2. The Morgan fingerprint density at radius 1 is 1.15 bits per heavy atom. The van der Waals surface area contributed by atoms with Crippen LogP contribution in [0.5, 0.6) is 0 Å². The number of pyridine rings is 2. The van der Waals surface area contributed by atoms with Gasteiger partial charge in [-0.05, 0) is 35.9 Å². The topological polar surface area (TPSA) is 148 Å². The monoisotopic (exact) mass is 490 g/mol. The van der Waals surface area contributed by atoms with Gasteiger partial charge in [0, 0.05) is 30.4 Å². The Bertz CT molecular complexity index is 1340. The number of nitrogen functional groups attached to an aromatic ring is 1. The van der Waals surface area contributed by atoms with Crippen molar-refractivity contribution in [3.8, 4) is 11.3 Å². The maximum atomic E-state index is 13.3. The number of rotatable bonds is 8. The fourth-order valence-corrected chi connectivity index (χ4v) is 3.40.